The molecule has 2 heterocycles. The normalized spacial score (nSPS) is 15.4. The minimum atomic E-state index is -0.207. The molecular weight excluding hydrogens is 474 g/mol. The third kappa shape index (κ3) is 4.45. The zero-order valence-corrected chi connectivity index (χ0v) is 20.4. The molecule has 2 aromatic heterocycles. The van der Waals surface area contributed by atoms with Crippen LogP contribution in [0.15, 0.2) is 64.5 Å². The first-order valence-electron chi connectivity index (χ1n) is 10.8. The highest BCUT2D eigenvalue weighted by Gasteiger charge is 2.25. The van der Waals surface area contributed by atoms with E-state index in [1.165, 1.54) is 16.6 Å². The zero-order valence-electron chi connectivity index (χ0n) is 18.0. The number of aryl methyl sites for hydroxylation is 1. The van der Waals surface area contributed by atoms with Crippen LogP contribution in [0.5, 0.6) is 0 Å². The number of para-hydroxylation sites is 2. The zero-order chi connectivity index (χ0) is 22.9. The van der Waals surface area contributed by atoms with Crippen molar-refractivity contribution in [3.63, 3.8) is 0 Å². The van der Waals surface area contributed by atoms with Gasteiger partial charge >= 0.3 is 0 Å². The minimum Gasteiger partial charge on any atom is -0.324 e. The molecule has 0 saturated carbocycles. The lowest BCUT2D eigenvalue weighted by Gasteiger charge is -2.17. The van der Waals surface area contributed by atoms with E-state index in [0.29, 0.717) is 21.8 Å². The van der Waals surface area contributed by atoms with E-state index in [0.717, 1.165) is 40.7 Å². The van der Waals surface area contributed by atoms with E-state index >= 15 is 0 Å². The predicted octanol–water partition coefficient (Wildman–Crippen LogP) is 5.96. The Morgan fingerprint density at radius 3 is 2.76 bits per heavy atom. The molecule has 1 aliphatic carbocycles. The maximum absolute atomic E-state index is 13.7. The van der Waals surface area contributed by atoms with Gasteiger partial charge in [0.25, 0.3) is 5.56 Å². The van der Waals surface area contributed by atoms with Crippen LogP contribution in [0, 0.1) is 5.92 Å². The van der Waals surface area contributed by atoms with E-state index < -0.39 is 0 Å². The summed E-state index contributed by atoms with van der Waals surface area (Å²) in [6, 6.07) is 16.6. The maximum atomic E-state index is 13.7. The molecule has 0 spiro atoms. The van der Waals surface area contributed by atoms with Gasteiger partial charge in [0.1, 0.15) is 4.83 Å². The van der Waals surface area contributed by atoms with Crippen LogP contribution in [0.3, 0.4) is 0 Å². The Labute approximate surface area is 204 Å². The number of aromatic nitrogens is 2. The summed E-state index contributed by atoms with van der Waals surface area (Å²) in [6.07, 6.45) is 2.99. The Morgan fingerprint density at radius 1 is 1.21 bits per heavy atom. The van der Waals surface area contributed by atoms with E-state index in [9.17, 15) is 9.59 Å². The number of rotatable bonds is 5. The van der Waals surface area contributed by atoms with Gasteiger partial charge in [-0.2, -0.15) is 0 Å². The van der Waals surface area contributed by atoms with E-state index in [1.54, 1.807) is 28.0 Å². The van der Waals surface area contributed by atoms with Gasteiger partial charge in [-0.25, -0.2) is 4.98 Å². The predicted molar refractivity (Wildman–Crippen MR) is 137 cm³/mol. The second-order valence-electron chi connectivity index (χ2n) is 8.22. The smallest absolute Gasteiger partial charge is 0.267 e. The number of thiophene rings is 1. The Morgan fingerprint density at radius 2 is 1.97 bits per heavy atom. The first-order chi connectivity index (χ1) is 16.0. The number of fused-ring (bicyclic) bond motifs is 3. The number of carbonyl (C=O) groups is 1. The van der Waals surface area contributed by atoms with E-state index in [-0.39, 0.29) is 17.2 Å². The molecule has 5 rings (SSSR count). The number of thioether (sulfide) groups is 1. The summed E-state index contributed by atoms with van der Waals surface area (Å²) in [5.41, 5.74) is 2.40. The Bertz CT molecular complexity index is 1400. The number of benzene rings is 2. The lowest BCUT2D eigenvalue weighted by Crippen LogP contribution is -2.23. The second kappa shape index (κ2) is 9.33. The molecule has 1 amide bonds. The standard InChI is InChI=1S/C25H22ClN3O2S2/c1-15-11-12-17-20(13-15)33-23-22(17)24(31)29(16-7-3-2-4-8-16)25(28-23)32-14-21(30)27-19-10-6-5-9-18(19)26/h2-10,15H,11-14H2,1H3,(H,27,30). The van der Waals surface area contributed by atoms with Gasteiger partial charge in [0.05, 0.1) is 27.5 Å². The molecule has 168 valence electrons. The van der Waals surface area contributed by atoms with E-state index in [4.69, 9.17) is 16.6 Å². The number of nitrogens with one attached hydrogen (secondary N) is 1. The van der Waals surface area contributed by atoms with Gasteiger partial charge in [0.2, 0.25) is 5.91 Å². The number of hydrogen-bond acceptors (Lipinski definition) is 5. The van der Waals surface area contributed by atoms with Crippen molar-refractivity contribution in [2.45, 2.75) is 31.3 Å². The summed E-state index contributed by atoms with van der Waals surface area (Å²) in [5, 5.41) is 4.56. The third-order valence-electron chi connectivity index (χ3n) is 5.79. The number of carbonyl (C=O) groups excluding carboxylic acids is 1. The average molecular weight is 496 g/mol. The Kier molecular flexibility index (Phi) is 6.27. The largest absolute Gasteiger partial charge is 0.324 e. The monoisotopic (exact) mass is 495 g/mol. The van der Waals surface area contributed by atoms with Crippen molar-refractivity contribution in [3.05, 3.63) is 80.4 Å². The molecule has 5 nitrogen and oxygen atoms in total. The van der Waals surface area contributed by atoms with Gasteiger partial charge in [0.15, 0.2) is 5.16 Å². The quantitative estimate of drug-likeness (QED) is 0.274. The molecule has 0 radical (unpaired) electrons. The van der Waals surface area contributed by atoms with Crippen LogP contribution in [0.1, 0.15) is 23.8 Å². The summed E-state index contributed by atoms with van der Waals surface area (Å²) in [5.74, 6) is 0.517. The van der Waals surface area contributed by atoms with Crippen LogP contribution in [0.25, 0.3) is 15.9 Å². The number of hydrogen-bond donors (Lipinski definition) is 1. The van der Waals surface area contributed by atoms with Gasteiger partial charge in [-0.1, -0.05) is 60.6 Å². The minimum absolute atomic E-state index is 0.0627. The summed E-state index contributed by atoms with van der Waals surface area (Å²) >= 11 is 9.03. The molecule has 33 heavy (non-hydrogen) atoms. The van der Waals surface area contributed by atoms with Crippen LogP contribution in [0.4, 0.5) is 5.69 Å². The lowest BCUT2D eigenvalue weighted by molar-refractivity contribution is -0.113. The van der Waals surface area contributed by atoms with Gasteiger partial charge in [-0.15, -0.1) is 11.3 Å². The maximum Gasteiger partial charge on any atom is 0.267 e. The molecule has 0 saturated heterocycles. The van der Waals surface area contributed by atoms with Crippen molar-refractivity contribution in [1.82, 2.24) is 9.55 Å². The van der Waals surface area contributed by atoms with Crippen LogP contribution in [0.2, 0.25) is 5.02 Å². The number of amides is 1. The van der Waals surface area contributed by atoms with Crippen LogP contribution in [-0.4, -0.2) is 21.2 Å². The Balaban J connectivity index is 1.52. The fourth-order valence-corrected chi connectivity index (χ4v) is 6.57. The molecular formula is C25H22ClN3O2S2. The van der Waals surface area contributed by atoms with Crippen molar-refractivity contribution in [3.8, 4) is 5.69 Å². The first kappa shape index (κ1) is 22.2. The highest BCUT2D eigenvalue weighted by atomic mass is 35.5. The fourth-order valence-electron chi connectivity index (χ4n) is 4.15. The van der Waals surface area contributed by atoms with Crippen LogP contribution in [-0.2, 0) is 17.6 Å². The summed E-state index contributed by atoms with van der Waals surface area (Å²) in [7, 11) is 0. The SMILES string of the molecule is CC1CCc2c(sc3nc(SCC(=O)Nc4ccccc4Cl)n(-c4ccccc4)c(=O)c23)C1. The fraction of sp³-hybridized carbons (Fsp3) is 0.240. The summed E-state index contributed by atoms with van der Waals surface area (Å²) in [4.78, 5) is 33.3. The first-order valence-corrected chi connectivity index (χ1v) is 13.0. The van der Waals surface area contributed by atoms with Crippen LogP contribution >= 0.6 is 34.7 Å². The molecule has 1 aliphatic rings. The number of nitrogens with zero attached hydrogens (tertiary/aromatic N) is 2. The topological polar surface area (TPSA) is 64.0 Å². The van der Waals surface area contributed by atoms with Crippen molar-refractivity contribution in [1.29, 1.82) is 0 Å². The van der Waals surface area contributed by atoms with Crippen molar-refractivity contribution in [2.75, 3.05) is 11.1 Å². The molecule has 0 aliphatic heterocycles. The second-order valence-corrected chi connectivity index (χ2v) is 10.7. The average Bonchev–Trinajstić information content (AvgIpc) is 3.17. The van der Waals surface area contributed by atoms with E-state index in [1.807, 2.05) is 42.5 Å². The van der Waals surface area contributed by atoms with E-state index in [2.05, 4.69) is 12.2 Å². The molecule has 2 aromatic carbocycles. The van der Waals surface area contributed by atoms with Gasteiger partial charge in [-0.05, 0) is 55.0 Å². The third-order valence-corrected chi connectivity index (χ3v) is 8.21. The molecule has 0 bridgehead atoms. The molecule has 8 heteroatoms. The summed E-state index contributed by atoms with van der Waals surface area (Å²) in [6.45, 7) is 2.25. The number of halogens is 1. The summed E-state index contributed by atoms with van der Waals surface area (Å²) < 4.78 is 1.64. The van der Waals surface area contributed by atoms with Crippen molar-refractivity contribution in [2.24, 2.45) is 5.92 Å². The molecule has 4 aromatic rings. The molecule has 1 N–H and O–H groups in total. The molecule has 0 fully saturated rings. The Hall–Kier alpha value is -2.61. The molecule has 1 unspecified atom stereocenters. The van der Waals surface area contributed by atoms with Gasteiger partial charge in [0, 0.05) is 4.88 Å². The van der Waals surface area contributed by atoms with Crippen molar-refractivity contribution < 1.29 is 4.79 Å². The highest BCUT2D eigenvalue weighted by Crippen LogP contribution is 2.37. The van der Waals surface area contributed by atoms with Gasteiger partial charge < -0.3 is 5.32 Å². The van der Waals surface area contributed by atoms with Crippen molar-refractivity contribution >= 4 is 56.5 Å². The lowest BCUT2D eigenvalue weighted by atomic mass is 9.89. The number of anilines is 1. The van der Waals surface area contributed by atoms with Gasteiger partial charge in [-0.3, -0.25) is 14.2 Å². The van der Waals surface area contributed by atoms with Crippen LogP contribution < -0.4 is 10.9 Å². The highest BCUT2D eigenvalue weighted by molar-refractivity contribution is 7.99. The molecule has 1 atom stereocenters.